The van der Waals surface area contributed by atoms with Crippen LogP contribution in [0.15, 0.2) is 12.2 Å². The highest BCUT2D eigenvalue weighted by Crippen LogP contribution is 2.78. The maximum Gasteiger partial charge on any atom is 0.303 e. The van der Waals surface area contributed by atoms with E-state index in [4.69, 9.17) is 5.11 Å². The molecule has 5 aliphatic carbocycles. The fourth-order valence-corrected chi connectivity index (χ4v) is 16.4. The zero-order valence-corrected chi connectivity index (χ0v) is 40.6. The van der Waals surface area contributed by atoms with Crippen molar-refractivity contribution in [2.75, 3.05) is 0 Å². The molecule has 5 rings (SSSR count). The number of fused-ring (bicyclic) bond motifs is 7. The van der Waals surface area contributed by atoms with Gasteiger partial charge in [0.25, 0.3) is 0 Å². The van der Waals surface area contributed by atoms with Crippen molar-refractivity contribution >= 4 is 5.97 Å². The Bertz CT molecular complexity index is 1300. The summed E-state index contributed by atoms with van der Waals surface area (Å²) in [5.41, 5.74) is 2.65. The summed E-state index contributed by atoms with van der Waals surface area (Å²) in [6.45, 7) is 22.8. The Morgan fingerprint density at radius 2 is 1.00 bits per heavy atom. The first-order valence-electron chi connectivity index (χ1n) is 26.7. The fraction of sp³-hybridized carbons (Fsp3) is 0.946. The van der Waals surface area contributed by atoms with Gasteiger partial charge in [0.1, 0.15) is 0 Å². The fourth-order valence-electron chi connectivity index (χ4n) is 16.4. The summed E-state index contributed by atoms with van der Waals surface area (Å²) in [6.07, 6.45) is 45.5. The van der Waals surface area contributed by atoms with Gasteiger partial charge >= 0.3 is 5.97 Å². The van der Waals surface area contributed by atoms with Crippen LogP contribution in [0.25, 0.3) is 0 Å². The van der Waals surface area contributed by atoms with Crippen LogP contribution in [0.4, 0.5) is 0 Å². The first-order chi connectivity index (χ1) is 28.1. The van der Waals surface area contributed by atoms with E-state index in [9.17, 15) is 9.90 Å². The Morgan fingerprint density at radius 3 is 1.47 bits per heavy atom. The largest absolute Gasteiger partial charge is 0.481 e. The Hall–Kier alpha value is -0.830. The third-order valence-electron chi connectivity index (χ3n) is 20.4. The summed E-state index contributed by atoms with van der Waals surface area (Å²) >= 11 is 0. The van der Waals surface area contributed by atoms with E-state index in [1.54, 1.807) is 0 Å². The molecule has 10 atom stereocenters. The zero-order chi connectivity index (χ0) is 42.8. The predicted molar refractivity (Wildman–Crippen MR) is 253 cm³/mol. The van der Waals surface area contributed by atoms with Gasteiger partial charge in [-0.05, 0) is 141 Å². The number of hydrogen-bond acceptors (Lipinski definition) is 2. The Labute approximate surface area is 367 Å². The summed E-state index contributed by atoms with van der Waals surface area (Å²) in [5, 5.41) is 21.2. The van der Waals surface area contributed by atoms with Gasteiger partial charge in [-0.25, -0.2) is 0 Å². The molecule has 0 aliphatic heterocycles. The third-order valence-corrected chi connectivity index (χ3v) is 20.4. The van der Waals surface area contributed by atoms with Gasteiger partial charge in [0.05, 0.1) is 5.60 Å². The molecule has 1 unspecified atom stereocenters. The molecule has 3 heteroatoms. The molecule has 5 aliphatic rings. The van der Waals surface area contributed by atoms with E-state index in [1.165, 1.54) is 198 Å². The molecular weight excluding hydrogens is 721 g/mol. The van der Waals surface area contributed by atoms with Gasteiger partial charge in [-0.2, -0.15) is 0 Å². The molecule has 0 amide bonds. The molecule has 0 radical (unpaired) electrons. The van der Waals surface area contributed by atoms with E-state index in [0.29, 0.717) is 34.0 Å². The van der Waals surface area contributed by atoms with Crippen LogP contribution in [-0.2, 0) is 4.79 Å². The van der Waals surface area contributed by atoms with Crippen LogP contribution in [0.5, 0.6) is 0 Å². The number of rotatable bonds is 27. The molecule has 5 saturated carbocycles. The number of unbranched alkanes of at least 4 members (excludes halogenated alkanes) is 22. The summed E-state index contributed by atoms with van der Waals surface area (Å²) in [5.74, 6) is 3.19. The van der Waals surface area contributed by atoms with Gasteiger partial charge < -0.3 is 10.2 Å². The smallest absolute Gasteiger partial charge is 0.303 e. The van der Waals surface area contributed by atoms with Gasteiger partial charge in [0, 0.05) is 6.42 Å². The molecule has 59 heavy (non-hydrogen) atoms. The van der Waals surface area contributed by atoms with Crippen LogP contribution in [0.2, 0.25) is 0 Å². The highest BCUT2D eigenvalue weighted by atomic mass is 16.4. The quantitative estimate of drug-likeness (QED) is 0.0641. The van der Waals surface area contributed by atoms with Gasteiger partial charge in [-0.1, -0.05) is 195 Å². The lowest BCUT2D eigenvalue weighted by molar-refractivity contribution is -0.265. The minimum Gasteiger partial charge on any atom is -0.481 e. The lowest BCUT2D eigenvalue weighted by Crippen LogP contribution is -2.68. The number of aliphatic hydroxyl groups is 1. The summed E-state index contributed by atoms with van der Waals surface area (Å²) in [6, 6.07) is 0. The van der Waals surface area contributed by atoms with E-state index in [2.05, 4.69) is 55.0 Å². The van der Waals surface area contributed by atoms with Gasteiger partial charge in [-0.15, -0.1) is 0 Å². The van der Waals surface area contributed by atoms with Crippen LogP contribution < -0.4 is 0 Å². The van der Waals surface area contributed by atoms with Crippen LogP contribution in [-0.4, -0.2) is 21.8 Å². The van der Waals surface area contributed by atoms with E-state index >= 15 is 0 Å². The molecule has 0 saturated heterocycles. The standard InChI is InChI=1S/C56H100O3/c1-44(2)45-35-38-52(5)40-42-54(7)46(50(45)52)33-34-48-53(6)41-43-56(59,51(3,4)47(53)36-39-55(48,54)8)37-31-29-27-25-23-21-19-17-15-13-11-9-10-12-14-16-18-20-22-24-26-28-30-32-49(57)58/h45-48,50,59H,1,9-43H2,2-8H3,(H,57,58)/t45-,46+,47-,48+,50+,52+,53-,54+,55+,56?/m0/s1. The number of carboxylic acid groups (broad SMARTS) is 1. The first-order valence-corrected chi connectivity index (χ1v) is 26.7. The van der Waals surface area contributed by atoms with Crippen molar-refractivity contribution in [2.45, 2.75) is 279 Å². The third kappa shape index (κ3) is 11.1. The maximum absolute atomic E-state index is 12.5. The average molecular weight is 821 g/mol. The Morgan fingerprint density at radius 1 is 0.525 bits per heavy atom. The van der Waals surface area contributed by atoms with Gasteiger partial charge in [0.15, 0.2) is 0 Å². The van der Waals surface area contributed by atoms with Crippen molar-refractivity contribution < 1.29 is 15.0 Å². The predicted octanol–water partition coefficient (Wildman–Crippen LogP) is 17.2. The molecule has 0 heterocycles. The van der Waals surface area contributed by atoms with Crippen molar-refractivity contribution in [3.05, 3.63) is 12.2 Å². The van der Waals surface area contributed by atoms with Crippen molar-refractivity contribution in [2.24, 2.45) is 56.7 Å². The monoisotopic (exact) mass is 821 g/mol. The van der Waals surface area contributed by atoms with Crippen molar-refractivity contribution in [3.8, 4) is 0 Å². The van der Waals surface area contributed by atoms with Crippen LogP contribution in [0.3, 0.4) is 0 Å². The van der Waals surface area contributed by atoms with Crippen molar-refractivity contribution in [1.82, 2.24) is 0 Å². The minimum atomic E-state index is -0.652. The van der Waals surface area contributed by atoms with Crippen molar-refractivity contribution in [1.29, 1.82) is 0 Å². The molecule has 3 nitrogen and oxygen atoms in total. The van der Waals surface area contributed by atoms with Crippen molar-refractivity contribution in [3.63, 3.8) is 0 Å². The van der Waals surface area contributed by atoms with Crippen LogP contribution in [0, 0.1) is 56.7 Å². The molecule has 2 N–H and O–H groups in total. The zero-order valence-electron chi connectivity index (χ0n) is 40.6. The topological polar surface area (TPSA) is 57.5 Å². The molecular formula is C56H100O3. The lowest BCUT2D eigenvalue weighted by Gasteiger charge is -2.73. The van der Waals surface area contributed by atoms with Gasteiger partial charge in [0.2, 0.25) is 0 Å². The normalized spacial score (nSPS) is 37.3. The summed E-state index contributed by atoms with van der Waals surface area (Å²) in [4.78, 5) is 10.6. The van der Waals surface area contributed by atoms with E-state index < -0.39 is 11.6 Å². The number of allylic oxidation sites excluding steroid dienone is 1. The minimum absolute atomic E-state index is 0.0186. The second kappa shape index (κ2) is 21.7. The lowest BCUT2D eigenvalue weighted by atomic mass is 9.31. The Balaban J connectivity index is 0.905. The molecule has 0 aromatic heterocycles. The highest BCUT2D eigenvalue weighted by molar-refractivity contribution is 5.66. The molecule has 0 aromatic rings. The number of aliphatic carboxylic acids is 1. The second-order valence-electron chi connectivity index (χ2n) is 24.1. The summed E-state index contributed by atoms with van der Waals surface area (Å²) < 4.78 is 0. The van der Waals surface area contributed by atoms with Crippen LogP contribution in [0.1, 0.15) is 273 Å². The molecule has 0 spiro atoms. The molecule has 5 fully saturated rings. The maximum atomic E-state index is 12.5. The van der Waals surface area contributed by atoms with E-state index in [1.807, 2.05) is 0 Å². The highest BCUT2D eigenvalue weighted by Gasteiger charge is 2.71. The SMILES string of the molecule is C=C(C)[C@@H]1CC[C@]2(C)CC[C@]3(C)[C@H](CC[C@@H]4[C@@]5(C)CCC(O)(CCCCCCCCCCCCCCCCCCCCCCCCCC(=O)O)C(C)(C)[C@@H]5CC[C@]43C)[C@@H]12. The second-order valence-corrected chi connectivity index (χ2v) is 24.1. The number of carboxylic acids is 1. The van der Waals surface area contributed by atoms with Gasteiger partial charge in [-0.3, -0.25) is 4.79 Å². The van der Waals surface area contributed by atoms with E-state index in [0.717, 1.165) is 49.4 Å². The molecule has 342 valence electrons. The Kier molecular flexibility index (Phi) is 18.1. The average Bonchev–Trinajstić information content (AvgIpc) is 3.54. The molecule has 0 aromatic carbocycles. The summed E-state index contributed by atoms with van der Waals surface area (Å²) in [7, 11) is 0. The molecule has 0 bridgehead atoms. The number of hydrogen-bond donors (Lipinski definition) is 2. The first kappa shape index (κ1) is 49.2. The number of carbonyl (C=O) groups is 1. The van der Waals surface area contributed by atoms with Crippen LogP contribution >= 0.6 is 0 Å². The van der Waals surface area contributed by atoms with E-state index in [-0.39, 0.29) is 5.41 Å².